The molecule has 8 heteroatoms. The van der Waals surface area contributed by atoms with Gasteiger partial charge in [0.15, 0.2) is 5.41 Å². The van der Waals surface area contributed by atoms with Crippen LogP contribution in [-0.4, -0.2) is 29.3 Å². The average molecular weight is 533 g/mol. The smallest absolute Gasteiger partial charge is 0.326 e. The number of hydrogen-bond donors (Lipinski definition) is 0. The lowest BCUT2D eigenvalue weighted by Crippen LogP contribution is -2.54. The first-order valence-electron chi connectivity index (χ1n) is 12.4. The molecule has 37 heavy (non-hydrogen) atoms. The van der Waals surface area contributed by atoms with E-state index in [0.29, 0.717) is 22.6 Å². The molecule has 0 unspecified atom stereocenters. The molecule has 1 atom stereocenters. The van der Waals surface area contributed by atoms with Crippen LogP contribution in [0.2, 0.25) is 5.02 Å². The third kappa shape index (κ3) is 7.10. The van der Waals surface area contributed by atoms with E-state index in [9.17, 15) is 18.8 Å². The maximum absolute atomic E-state index is 14.3. The number of rotatable bonds is 8. The number of carbonyl (C=O) groups excluding carboxylic acids is 3. The van der Waals surface area contributed by atoms with Crippen molar-refractivity contribution in [2.75, 3.05) is 0 Å². The second-order valence-electron chi connectivity index (χ2n) is 11.0. The Morgan fingerprint density at radius 1 is 1.05 bits per heavy atom. The molecule has 1 fully saturated rings. The Morgan fingerprint density at radius 2 is 1.65 bits per heavy atom. The van der Waals surface area contributed by atoms with Gasteiger partial charge in [0.25, 0.3) is 5.79 Å². The van der Waals surface area contributed by atoms with Gasteiger partial charge in [0.2, 0.25) is 0 Å². The first-order valence-corrected chi connectivity index (χ1v) is 12.7. The summed E-state index contributed by atoms with van der Waals surface area (Å²) in [5.41, 5.74) is -0.321. The molecule has 0 radical (unpaired) electrons. The van der Waals surface area contributed by atoms with Crippen LogP contribution >= 0.6 is 11.6 Å². The Labute approximate surface area is 222 Å². The maximum Gasteiger partial charge on any atom is 0.326 e. The van der Waals surface area contributed by atoms with Gasteiger partial charge < -0.3 is 14.2 Å². The van der Waals surface area contributed by atoms with E-state index in [1.807, 2.05) is 12.1 Å². The summed E-state index contributed by atoms with van der Waals surface area (Å²) in [6, 6.07) is 11.6. The van der Waals surface area contributed by atoms with Crippen LogP contribution in [0.3, 0.4) is 0 Å². The summed E-state index contributed by atoms with van der Waals surface area (Å²) >= 11 is 6.04. The molecular formula is C29H34ClFO6. The predicted octanol–water partition coefficient (Wildman–Crippen LogP) is 6.66. The minimum Gasteiger partial charge on any atom is -0.460 e. The maximum atomic E-state index is 14.3. The fourth-order valence-electron chi connectivity index (χ4n) is 4.55. The largest absolute Gasteiger partial charge is 0.460 e. The zero-order valence-corrected chi connectivity index (χ0v) is 22.9. The van der Waals surface area contributed by atoms with Crippen LogP contribution < -0.4 is 0 Å². The van der Waals surface area contributed by atoms with Crippen molar-refractivity contribution in [2.24, 2.45) is 11.3 Å². The molecule has 2 aromatic carbocycles. The SMILES string of the molecule is CCC1(C[C@@H](CC(=O)OC(C)(C)C)Cc2ccc(-c3cc(Cl)ccc3F)cc2)C(=O)OC(C)(C)OC1=O. The quantitative estimate of drug-likeness (QED) is 0.279. The van der Waals surface area contributed by atoms with E-state index in [2.05, 4.69) is 0 Å². The molecule has 0 aliphatic carbocycles. The van der Waals surface area contributed by atoms with Crippen molar-refractivity contribution in [2.45, 2.75) is 78.6 Å². The van der Waals surface area contributed by atoms with E-state index in [0.717, 1.165) is 5.56 Å². The van der Waals surface area contributed by atoms with E-state index < -0.39 is 40.6 Å². The topological polar surface area (TPSA) is 78.9 Å². The van der Waals surface area contributed by atoms with Crippen LogP contribution in [0.25, 0.3) is 11.1 Å². The van der Waals surface area contributed by atoms with Gasteiger partial charge in [-0.05, 0) is 75.3 Å². The minimum atomic E-state index is -1.52. The third-order valence-electron chi connectivity index (χ3n) is 6.29. The van der Waals surface area contributed by atoms with Gasteiger partial charge in [-0.2, -0.15) is 0 Å². The number of halogens is 2. The fraction of sp³-hybridized carbons (Fsp3) is 0.483. The van der Waals surface area contributed by atoms with E-state index in [1.165, 1.54) is 26.0 Å². The van der Waals surface area contributed by atoms with Crippen molar-refractivity contribution in [1.82, 2.24) is 0 Å². The Bertz CT molecular complexity index is 1150. The van der Waals surface area contributed by atoms with Gasteiger partial charge in [0, 0.05) is 30.9 Å². The van der Waals surface area contributed by atoms with Crippen molar-refractivity contribution in [3.05, 3.63) is 58.9 Å². The second-order valence-corrected chi connectivity index (χ2v) is 11.4. The van der Waals surface area contributed by atoms with Crippen LogP contribution in [-0.2, 0) is 35.0 Å². The van der Waals surface area contributed by atoms with Crippen molar-refractivity contribution in [3.63, 3.8) is 0 Å². The lowest BCUT2D eigenvalue weighted by molar-refractivity contribution is -0.253. The van der Waals surface area contributed by atoms with Crippen molar-refractivity contribution < 1.29 is 33.0 Å². The third-order valence-corrected chi connectivity index (χ3v) is 6.53. The van der Waals surface area contributed by atoms with Gasteiger partial charge in [-0.1, -0.05) is 42.8 Å². The number of esters is 3. The summed E-state index contributed by atoms with van der Waals surface area (Å²) < 4.78 is 30.7. The van der Waals surface area contributed by atoms with Crippen LogP contribution in [0.4, 0.5) is 4.39 Å². The molecule has 200 valence electrons. The number of hydrogen-bond acceptors (Lipinski definition) is 6. The van der Waals surface area contributed by atoms with Gasteiger partial charge in [0.05, 0.1) is 0 Å². The highest BCUT2D eigenvalue weighted by Crippen LogP contribution is 2.42. The highest BCUT2D eigenvalue weighted by Gasteiger charge is 2.55. The molecule has 1 saturated heterocycles. The zero-order valence-electron chi connectivity index (χ0n) is 22.2. The Balaban J connectivity index is 1.88. The Morgan fingerprint density at radius 3 is 2.19 bits per heavy atom. The first kappa shape index (κ1) is 28.6. The fourth-order valence-corrected chi connectivity index (χ4v) is 4.72. The van der Waals surface area contributed by atoms with Crippen LogP contribution in [0, 0.1) is 17.2 Å². The molecule has 1 aliphatic heterocycles. The van der Waals surface area contributed by atoms with Gasteiger partial charge >= 0.3 is 17.9 Å². The normalized spacial score (nSPS) is 17.5. The number of benzene rings is 2. The average Bonchev–Trinajstić information content (AvgIpc) is 2.76. The minimum absolute atomic E-state index is 0.00630. The standard InChI is InChI=1S/C29H34ClFO6/c1-7-29(25(33)36-28(5,6)37-26(29)34)17-19(15-24(32)35-27(2,3)4)14-18-8-10-20(11-9-18)22-16-21(30)12-13-23(22)31/h8-13,16,19H,7,14-15,17H2,1-6H3/t19-/m1/s1. The van der Waals surface area contributed by atoms with E-state index in [1.54, 1.807) is 45.9 Å². The molecule has 0 N–H and O–H groups in total. The molecule has 1 aliphatic rings. The second kappa shape index (κ2) is 10.8. The van der Waals surface area contributed by atoms with E-state index in [4.69, 9.17) is 25.8 Å². The summed E-state index contributed by atoms with van der Waals surface area (Å²) in [5.74, 6) is -3.90. The summed E-state index contributed by atoms with van der Waals surface area (Å²) in [6.07, 6.45) is 0.594. The number of cyclic esters (lactones) is 2. The molecule has 6 nitrogen and oxygen atoms in total. The highest BCUT2D eigenvalue weighted by atomic mass is 35.5. The molecule has 0 aromatic heterocycles. The molecule has 0 saturated carbocycles. The van der Waals surface area contributed by atoms with E-state index in [-0.39, 0.29) is 25.1 Å². The number of carbonyl (C=O) groups is 3. The number of ether oxygens (including phenoxy) is 3. The summed E-state index contributed by atoms with van der Waals surface area (Å²) in [7, 11) is 0. The molecule has 2 aromatic rings. The van der Waals surface area contributed by atoms with Crippen molar-refractivity contribution in [1.29, 1.82) is 0 Å². The summed E-state index contributed by atoms with van der Waals surface area (Å²) in [6.45, 7) is 10.1. The highest BCUT2D eigenvalue weighted by molar-refractivity contribution is 6.30. The molecule has 1 heterocycles. The Kier molecular flexibility index (Phi) is 8.37. The van der Waals surface area contributed by atoms with Gasteiger partial charge in [-0.3, -0.25) is 14.4 Å². The lowest BCUT2D eigenvalue weighted by atomic mass is 9.73. The van der Waals surface area contributed by atoms with Crippen molar-refractivity contribution in [3.8, 4) is 11.1 Å². The molecule has 0 bridgehead atoms. The van der Waals surface area contributed by atoms with Crippen LogP contribution in [0.5, 0.6) is 0 Å². The predicted molar refractivity (Wildman–Crippen MR) is 138 cm³/mol. The molecule has 0 spiro atoms. The van der Waals surface area contributed by atoms with Gasteiger partial charge in [-0.15, -0.1) is 0 Å². The lowest BCUT2D eigenvalue weighted by Gasteiger charge is -2.41. The molecular weight excluding hydrogens is 499 g/mol. The van der Waals surface area contributed by atoms with Gasteiger partial charge in [-0.25, -0.2) is 4.39 Å². The molecule has 3 rings (SSSR count). The van der Waals surface area contributed by atoms with Crippen molar-refractivity contribution >= 4 is 29.5 Å². The van der Waals surface area contributed by atoms with E-state index >= 15 is 0 Å². The summed E-state index contributed by atoms with van der Waals surface area (Å²) in [4.78, 5) is 38.9. The Hall–Kier alpha value is -2.93. The summed E-state index contributed by atoms with van der Waals surface area (Å²) in [5, 5.41) is 0.428. The van der Waals surface area contributed by atoms with Crippen LogP contribution in [0.1, 0.15) is 66.4 Å². The monoisotopic (exact) mass is 532 g/mol. The zero-order chi connectivity index (χ0) is 27.6. The first-order chi connectivity index (χ1) is 17.1. The van der Waals surface area contributed by atoms with Crippen LogP contribution in [0.15, 0.2) is 42.5 Å². The molecule has 0 amide bonds. The van der Waals surface area contributed by atoms with Gasteiger partial charge in [0.1, 0.15) is 11.4 Å².